The maximum Gasteiger partial charge on any atom is 0.348 e. The Hall–Kier alpha value is -1.17. The van der Waals surface area contributed by atoms with Crippen molar-refractivity contribution in [2.45, 2.75) is 39.0 Å². The molecule has 0 aliphatic carbocycles. The monoisotopic (exact) mass is 229 g/mol. The molecule has 0 fully saturated rings. The molecule has 0 aromatic carbocycles. The van der Waals surface area contributed by atoms with E-state index < -0.39 is 4.92 Å². The minimum absolute atomic E-state index is 0.101. The first kappa shape index (κ1) is 11.9. The van der Waals surface area contributed by atoms with Gasteiger partial charge >= 0.3 is 5.00 Å². The van der Waals surface area contributed by atoms with Crippen LogP contribution in [0.3, 0.4) is 0 Å². The van der Waals surface area contributed by atoms with Crippen LogP contribution in [0.5, 0.6) is 0 Å². The highest BCUT2D eigenvalue weighted by molar-refractivity contribution is 7.18. The molecule has 1 aromatic heterocycles. The lowest BCUT2D eigenvalue weighted by atomic mass is 10.1. The normalized spacial score (nSPS) is 10.5. The molecule has 1 aromatic rings. The molecule has 0 bridgehead atoms. The number of nitrogens with two attached hydrogens (primary N) is 1. The van der Waals surface area contributed by atoms with E-state index in [-0.39, 0.29) is 10.1 Å². The first-order valence-electron chi connectivity index (χ1n) is 5.04. The molecule has 0 spiro atoms. The second kappa shape index (κ2) is 5.65. The lowest BCUT2D eigenvalue weighted by Crippen LogP contribution is -1.93. The van der Waals surface area contributed by atoms with Gasteiger partial charge in [-0.3, -0.25) is 10.1 Å². The Labute approximate surface area is 92.5 Å². The van der Waals surface area contributed by atoms with Crippen LogP contribution in [0.4, 0.5) is 10.1 Å². The Bertz CT molecular complexity index is 338. The minimum atomic E-state index is -0.400. The Morgan fingerprint density at radius 2 is 2.20 bits per heavy atom. The van der Waals surface area contributed by atoms with Gasteiger partial charge in [0, 0.05) is 0 Å². The van der Waals surface area contributed by atoms with Crippen LogP contribution >= 0.6 is 11.3 Å². The quantitative estimate of drug-likeness (QED) is 0.462. The van der Waals surface area contributed by atoms with Crippen molar-refractivity contribution >= 4 is 21.5 Å². The highest BCUT2D eigenvalue weighted by Crippen LogP contribution is 2.29. The highest BCUT2D eigenvalue weighted by atomic mass is 32.1. The number of anilines is 1. The van der Waals surface area contributed by atoms with E-state index in [9.17, 15) is 10.1 Å². The van der Waals surface area contributed by atoms with Crippen LogP contribution in [0.25, 0.3) is 0 Å². The van der Waals surface area contributed by atoms with Crippen molar-refractivity contribution in [1.82, 2.24) is 4.98 Å². The van der Waals surface area contributed by atoms with E-state index in [0.29, 0.717) is 12.1 Å². The SMILES string of the molecule is CCCCCCc1nc(N)sc1[N+](=O)[O-]. The predicted octanol–water partition coefficient (Wildman–Crippen LogP) is 2.76. The zero-order valence-corrected chi connectivity index (χ0v) is 9.55. The Kier molecular flexibility index (Phi) is 4.48. The van der Waals surface area contributed by atoms with E-state index in [0.717, 1.165) is 37.0 Å². The largest absolute Gasteiger partial charge is 0.375 e. The molecular weight excluding hydrogens is 214 g/mol. The lowest BCUT2D eigenvalue weighted by molar-refractivity contribution is -0.381. The summed E-state index contributed by atoms with van der Waals surface area (Å²) in [6.07, 6.45) is 5.00. The van der Waals surface area contributed by atoms with Gasteiger partial charge in [-0.2, -0.15) is 0 Å². The van der Waals surface area contributed by atoms with Crippen LogP contribution in [-0.2, 0) is 6.42 Å². The van der Waals surface area contributed by atoms with Gasteiger partial charge in [-0.15, -0.1) is 0 Å². The van der Waals surface area contributed by atoms with Crippen molar-refractivity contribution in [2.24, 2.45) is 0 Å². The van der Waals surface area contributed by atoms with Crippen LogP contribution in [0.1, 0.15) is 38.3 Å². The summed E-state index contributed by atoms with van der Waals surface area (Å²) in [6, 6.07) is 0. The standard InChI is InChI=1S/C9H15N3O2S/c1-2-3-4-5-6-7-8(12(13)14)15-9(10)11-7/h2-6H2,1H3,(H2,10,11). The summed E-state index contributed by atoms with van der Waals surface area (Å²) in [5.41, 5.74) is 5.99. The number of nitrogen functional groups attached to an aromatic ring is 1. The zero-order valence-electron chi connectivity index (χ0n) is 8.73. The van der Waals surface area contributed by atoms with Crippen LogP contribution in [0, 0.1) is 10.1 Å². The molecule has 84 valence electrons. The van der Waals surface area contributed by atoms with Gasteiger partial charge in [-0.1, -0.05) is 26.2 Å². The van der Waals surface area contributed by atoms with E-state index >= 15 is 0 Å². The molecule has 0 aliphatic heterocycles. The third-order valence-electron chi connectivity index (χ3n) is 2.13. The molecule has 0 amide bonds. The van der Waals surface area contributed by atoms with Gasteiger partial charge in [0.25, 0.3) is 0 Å². The van der Waals surface area contributed by atoms with Crippen molar-refractivity contribution in [3.8, 4) is 0 Å². The van der Waals surface area contributed by atoms with Gasteiger partial charge < -0.3 is 5.73 Å². The number of nitro groups is 1. The molecular formula is C9H15N3O2S. The summed E-state index contributed by atoms with van der Waals surface area (Å²) < 4.78 is 0. The number of aryl methyl sites for hydroxylation is 1. The third-order valence-corrected chi connectivity index (χ3v) is 3.00. The lowest BCUT2D eigenvalue weighted by Gasteiger charge is -1.96. The maximum atomic E-state index is 10.6. The molecule has 1 rings (SSSR count). The van der Waals surface area contributed by atoms with Crippen molar-refractivity contribution in [2.75, 3.05) is 5.73 Å². The molecule has 0 atom stereocenters. The topological polar surface area (TPSA) is 82.0 Å². The molecule has 2 N–H and O–H groups in total. The van der Waals surface area contributed by atoms with E-state index in [1.165, 1.54) is 0 Å². The van der Waals surface area contributed by atoms with Crippen LogP contribution in [0.15, 0.2) is 0 Å². The van der Waals surface area contributed by atoms with Crippen molar-refractivity contribution in [3.63, 3.8) is 0 Å². The number of nitrogens with zero attached hydrogens (tertiary/aromatic N) is 2. The molecule has 6 heteroatoms. The van der Waals surface area contributed by atoms with Crippen molar-refractivity contribution < 1.29 is 4.92 Å². The molecule has 5 nitrogen and oxygen atoms in total. The summed E-state index contributed by atoms with van der Waals surface area (Å²) >= 11 is 0.954. The van der Waals surface area contributed by atoms with E-state index in [1.807, 2.05) is 0 Å². The average Bonchev–Trinajstić information content (AvgIpc) is 2.55. The molecule has 15 heavy (non-hydrogen) atoms. The fraction of sp³-hybridized carbons (Fsp3) is 0.667. The average molecular weight is 229 g/mol. The zero-order chi connectivity index (χ0) is 11.3. The second-order valence-electron chi connectivity index (χ2n) is 3.37. The molecule has 0 aliphatic rings. The summed E-state index contributed by atoms with van der Waals surface area (Å²) in [5, 5.41) is 11.0. The number of rotatable bonds is 6. The Morgan fingerprint density at radius 3 is 2.80 bits per heavy atom. The van der Waals surface area contributed by atoms with Gasteiger partial charge in [-0.05, 0) is 24.2 Å². The van der Waals surface area contributed by atoms with Gasteiger partial charge in [0.15, 0.2) is 5.13 Å². The highest BCUT2D eigenvalue weighted by Gasteiger charge is 2.19. The van der Waals surface area contributed by atoms with Crippen LogP contribution in [-0.4, -0.2) is 9.91 Å². The fourth-order valence-electron chi connectivity index (χ4n) is 1.39. The molecule has 0 saturated heterocycles. The maximum absolute atomic E-state index is 10.6. The Morgan fingerprint density at radius 1 is 1.47 bits per heavy atom. The molecule has 0 saturated carbocycles. The fourth-order valence-corrected chi connectivity index (χ4v) is 2.08. The number of aromatic nitrogens is 1. The third kappa shape index (κ3) is 3.47. The minimum Gasteiger partial charge on any atom is -0.375 e. The molecule has 0 radical (unpaired) electrons. The number of unbranched alkanes of at least 4 members (excludes halogenated alkanes) is 3. The molecule has 0 unspecified atom stereocenters. The summed E-state index contributed by atoms with van der Waals surface area (Å²) in [4.78, 5) is 14.2. The number of thiazole rings is 1. The first-order chi connectivity index (χ1) is 7.15. The van der Waals surface area contributed by atoms with Crippen LogP contribution in [0.2, 0.25) is 0 Å². The van der Waals surface area contributed by atoms with E-state index in [2.05, 4.69) is 11.9 Å². The smallest absolute Gasteiger partial charge is 0.348 e. The van der Waals surface area contributed by atoms with Gasteiger partial charge in [0.2, 0.25) is 0 Å². The molecule has 1 heterocycles. The van der Waals surface area contributed by atoms with E-state index in [1.54, 1.807) is 0 Å². The number of hydrogen-bond acceptors (Lipinski definition) is 5. The van der Waals surface area contributed by atoms with Gasteiger partial charge in [-0.25, -0.2) is 4.98 Å². The summed E-state index contributed by atoms with van der Waals surface area (Å²) in [7, 11) is 0. The first-order valence-corrected chi connectivity index (χ1v) is 5.86. The van der Waals surface area contributed by atoms with Crippen molar-refractivity contribution in [3.05, 3.63) is 15.8 Å². The summed E-state index contributed by atoms with van der Waals surface area (Å²) in [5.74, 6) is 0. The van der Waals surface area contributed by atoms with Gasteiger partial charge in [0.05, 0.1) is 4.92 Å². The van der Waals surface area contributed by atoms with Gasteiger partial charge in [0.1, 0.15) is 5.69 Å². The Balaban J connectivity index is 2.55. The van der Waals surface area contributed by atoms with Crippen molar-refractivity contribution in [1.29, 1.82) is 0 Å². The summed E-state index contributed by atoms with van der Waals surface area (Å²) in [6.45, 7) is 2.13. The number of hydrogen-bond donors (Lipinski definition) is 1. The van der Waals surface area contributed by atoms with E-state index in [4.69, 9.17) is 5.73 Å². The second-order valence-corrected chi connectivity index (χ2v) is 4.38. The predicted molar refractivity (Wildman–Crippen MR) is 61.0 cm³/mol. The van der Waals surface area contributed by atoms with Crippen LogP contribution < -0.4 is 5.73 Å².